The average Bonchev–Trinajstić information content (AvgIpc) is 2.40. The average molecular weight is 247 g/mol. The molecule has 0 saturated carbocycles. The second-order valence-corrected chi connectivity index (χ2v) is 5.54. The number of piperidine rings is 1. The number of hydrogen-bond acceptors (Lipinski definition) is 2. The summed E-state index contributed by atoms with van der Waals surface area (Å²) in [6.07, 6.45) is 5.39. The second kappa shape index (κ2) is 6.24. The monoisotopic (exact) mass is 247 g/mol. The van der Waals surface area contributed by atoms with Crippen molar-refractivity contribution in [2.75, 3.05) is 13.1 Å². The van der Waals surface area contributed by atoms with Gasteiger partial charge >= 0.3 is 0 Å². The van der Waals surface area contributed by atoms with Gasteiger partial charge in [-0.1, -0.05) is 31.9 Å². The van der Waals surface area contributed by atoms with Crippen LogP contribution >= 0.6 is 0 Å². The summed E-state index contributed by atoms with van der Waals surface area (Å²) < 4.78 is 0. The molecule has 2 nitrogen and oxygen atoms in total. The van der Waals surface area contributed by atoms with E-state index in [1.807, 2.05) is 12.1 Å². The zero-order valence-electron chi connectivity index (χ0n) is 11.6. The van der Waals surface area contributed by atoms with E-state index >= 15 is 0 Å². The van der Waals surface area contributed by atoms with Crippen LogP contribution in [0.3, 0.4) is 0 Å². The third kappa shape index (κ3) is 3.26. The Morgan fingerprint density at radius 2 is 1.83 bits per heavy atom. The van der Waals surface area contributed by atoms with Crippen LogP contribution in [0.25, 0.3) is 0 Å². The van der Waals surface area contributed by atoms with Crippen LogP contribution in [0.4, 0.5) is 0 Å². The topological polar surface area (TPSA) is 23.5 Å². The highest BCUT2D eigenvalue weighted by atomic mass is 16.3. The highest BCUT2D eigenvalue weighted by molar-refractivity contribution is 5.27. The van der Waals surface area contributed by atoms with E-state index in [9.17, 15) is 5.11 Å². The van der Waals surface area contributed by atoms with Gasteiger partial charge in [0.1, 0.15) is 5.75 Å². The molecule has 100 valence electrons. The molecule has 2 heteroatoms. The molecule has 0 aromatic heterocycles. The smallest absolute Gasteiger partial charge is 0.115 e. The molecule has 0 aliphatic carbocycles. The molecule has 1 aliphatic rings. The van der Waals surface area contributed by atoms with Crippen LogP contribution in [0.1, 0.15) is 51.1 Å². The van der Waals surface area contributed by atoms with Gasteiger partial charge in [-0.05, 0) is 56.5 Å². The summed E-state index contributed by atoms with van der Waals surface area (Å²) in [5, 5.41) is 9.33. The maximum atomic E-state index is 9.33. The van der Waals surface area contributed by atoms with Crippen LogP contribution in [-0.2, 0) is 0 Å². The van der Waals surface area contributed by atoms with Gasteiger partial charge in [0.25, 0.3) is 0 Å². The predicted molar refractivity (Wildman–Crippen MR) is 75.7 cm³/mol. The van der Waals surface area contributed by atoms with Crippen LogP contribution in [0.2, 0.25) is 0 Å². The molecule has 1 N–H and O–H groups in total. The molecule has 1 fully saturated rings. The van der Waals surface area contributed by atoms with Crippen molar-refractivity contribution in [2.24, 2.45) is 5.92 Å². The highest BCUT2D eigenvalue weighted by Gasteiger charge is 2.22. The molecule has 1 atom stereocenters. The summed E-state index contributed by atoms with van der Waals surface area (Å²) in [7, 11) is 0. The van der Waals surface area contributed by atoms with Gasteiger partial charge in [-0.25, -0.2) is 0 Å². The van der Waals surface area contributed by atoms with Gasteiger partial charge in [-0.2, -0.15) is 0 Å². The zero-order valence-corrected chi connectivity index (χ0v) is 11.6. The molecule has 1 aromatic carbocycles. The van der Waals surface area contributed by atoms with Crippen molar-refractivity contribution in [3.05, 3.63) is 29.8 Å². The molecule has 1 unspecified atom stereocenters. The number of phenols is 1. The van der Waals surface area contributed by atoms with Gasteiger partial charge in [0, 0.05) is 6.04 Å². The fourth-order valence-electron chi connectivity index (χ4n) is 3.00. The van der Waals surface area contributed by atoms with Gasteiger partial charge < -0.3 is 5.11 Å². The van der Waals surface area contributed by atoms with E-state index < -0.39 is 0 Å². The summed E-state index contributed by atoms with van der Waals surface area (Å²) in [6, 6.07) is 8.12. The lowest BCUT2D eigenvalue weighted by Crippen LogP contribution is -2.35. The van der Waals surface area contributed by atoms with Gasteiger partial charge in [0.2, 0.25) is 0 Å². The van der Waals surface area contributed by atoms with E-state index in [1.54, 1.807) is 12.1 Å². The third-order valence-electron chi connectivity index (χ3n) is 4.27. The van der Waals surface area contributed by atoms with Crippen molar-refractivity contribution in [3.63, 3.8) is 0 Å². The molecule has 1 saturated heterocycles. The van der Waals surface area contributed by atoms with Crippen LogP contribution in [-0.4, -0.2) is 23.1 Å². The summed E-state index contributed by atoms with van der Waals surface area (Å²) in [6.45, 7) is 6.98. The Balaban J connectivity index is 1.91. The Morgan fingerprint density at radius 3 is 2.39 bits per heavy atom. The molecular weight excluding hydrogens is 222 g/mol. The van der Waals surface area contributed by atoms with Crippen LogP contribution in [0.5, 0.6) is 5.75 Å². The molecule has 1 aliphatic heterocycles. The lowest BCUT2D eigenvalue weighted by Gasteiger charge is -2.36. The second-order valence-electron chi connectivity index (χ2n) is 5.54. The first kappa shape index (κ1) is 13.4. The molecule has 1 aromatic rings. The quantitative estimate of drug-likeness (QED) is 0.870. The lowest BCUT2D eigenvalue weighted by molar-refractivity contribution is 0.137. The summed E-state index contributed by atoms with van der Waals surface area (Å²) in [4.78, 5) is 2.57. The first-order chi connectivity index (χ1) is 8.70. The van der Waals surface area contributed by atoms with Crippen molar-refractivity contribution < 1.29 is 5.11 Å². The van der Waals surface area contributed by atoms with Crippen molar-refractivity contribution >= 4 is 0 Å². The molecule has 2 rings (SSSR count). The van der Waals surface area contributed by atoms with E-state index in [2.05, 4.69) is 18.7 Å². The Morgan fingerprint density at radius 1 is 1.22 bits per heavy atom. The number of rotatable bonds is 4. The Hall–Kier alpha value is -1.02. The third-order valence-corrected chi connectivity index (χ3v) is 4.27. The first-order valence-electron chi connectivity index (χ1n) is 7.23. The maximum absolute atomic E-state index is 9.33. The molecule has 0 radical (unpaired) electrons. The van der Waals surface area contributed by atoms with Gasteiger partial charge in [0.05, 0.1) is 0 Å². The zero-order chi connectivity index (χ0) is 13.0. The molecular formula is C16H25NO. The molecule has 1 heterocycles. The number of phenolic OH excluding ortho intramolecular Hbond substituents is 1. The Kier molecular flexibility index (Phi) is 4.65. The SMILES string of the molecule is CCCC1CCN(C(C)c2ccc(O)cc2)CC1. The standard InChI is InChI=1S/C16H25NO/c1-3-4-14-9-11-17(12-10-14)13(2)15-5-7-16(18)8-6-15/h5-8,13-14,18H,3-4,9-12H2,1-2H3. The summed E-state index contributed by atoms with van der Waals surface area (Å²) in [5.74, 6) is 1.30. The van der Waals surface area contributed by atoms with E-state index in [-0.39, 0.29) is 0 Å². The van der Waals surface area contributed by atoms with E-state index in [0.29, 0.717) is 11.8 Å². The highest BCUT2D eigenvalue weighted by Crippen LogP contribution is 2.29. The number of nitrogens with zero attached hydrogens (tertiary/aromatic N) is 1. The van der Waals surface area contributed by atoms with E-state index in [1.165, 1.54) is 44.3 Å². The minimum atomic E-state index is 0.354. The summed E-state index contributed by atoms with van der Waals surface area (Å²) in [5.41, 5.74) is 1.31. The summed E-state index contributed by atoms with van der Waals surface area (Å²) >= 11 is 0. The predicted octanol–water partition coefficient (Wildman–Crippen LogP) is 3.97. The van der Waals surface area contributed by atoms with Crippen LogP contribution < -0.4 is 0 Å². The van der Waals surface area contributed by atoms with Crippen molar-refractivity contribution in [1.82, 2.24) is 4.90 Å². The molecule has 0 amide bonds. The van der Waals surface area contributed by atoms with Crippen LogP contribution in [0, 0.1) is 5.92 Å². The fraction of sp³-hybridized carbons (Fsp3) is 0.625. The van der Waals surface area contributed by atoms with E-state index in [0.717, 1.165) is 5.92 Å². The van der Waals surface area contributed by atoms with Crippen molar-refractivity contribution in [1.29, 1.82) is 0 Å². The number of benzene rings is 1. The van der Waals surface area contributed by atoms with Gasteiger partial charge in [-0.3, -0.25) is 4.90 Å². The normalized spacial score (nSPS) is 19.9. The first-order valence-corrected chi connectivity index (χ1v) is 7.23. The molecule has 0 bridgehead atoms. The Bertz CT molecular complexity index is 352. The lowest BCUT2D eigenvalue weighted by atomic mass is 9.91. The Labute approximate surface area is 111 Å². The minimum absolute atomic E-state index is 0.354. The minimum Gasteiger partial charge on any atom is -0.508 e. The number of aromatic hydroxyl groups is 1. The van der Waals surface area contributed by atoms with Crippen molar-refractivity contribution in [2.45, 2.75) is 45.6 Å². The van der Waals surface area contributed by atoms with Crippen molar-refractivity contribution in [3.8, 4) is 5.75 Å². The number of likely N-dealkylation sites (tertiary alicyclic amines) is 1. The maximum Gasteiger partial charge on any atom is 0.115 e. The molecule has 0 spiro atoms. The van der Waals surface area contributed by atoms with Gasteiger partial charge in [-0.15, -0.1) is 0 Å². The fourth-order valence-corrected chi connectivity index (χ4v) is 3.00. The van der Waals surface area contributed by atoms with E-state index in [4.69, 9.17) is 0 Å². The largest absolute Gasteiger partial charge is 0.508 e. The molecule has 18 heavy (non-hydrogen) atoms. The van der Waals surface area contributed by atoms with Gasteiger partial charge in [0.15, 0.2) is 0 Å². The van der Waals surface area contributed by atoms with Crippen LogP contribution in [0.15, 0.2) is 24.3 Å². The number of hydrogen-bond donors (Lipinski definition) is 1.